The number of hydrogen-bond acceptors (Lipinski definition) is 3. The molecule has 0 aromatic carbocycles. The Kier molecular flexibility index (Phi) is 5.17. The number of rotatable bonds is 3. The third kappa shape index (κ3) is 4.25. The largest absolute Gasteiger partial charge is 0.393 e. The summed E-state index contributed by atoms with van der Waals surface area (Å²) in [5.74, 6) is 0.353. The van der Waals surface area contributed by atoms with Crippen LogP contribution < -0.4 is 5.32 Å². The number of aliphatic hydroxyl groups is 1. The quantitative estimate of drug-likeness (QED) is 0.799. The fourth-order valence-corrected chi connectivity index (χ4v) is 2.48. The van der Waals surface area contributed by atoms with Gasteiger partial charge in [0.1, 0.15) is 0 Å². The van der Waals surface area contributed by atoms with E-state index in [-0.39, 0.29) is 29.4 Å². The number of likely N-dealkylation sites (tertiary alicyclic amines) is 1. The van der Waals surface area contributed by atoms with Crippen molar-refractivity contribution in [1.29, 1.82) is 0 Å². The number of likely N-dealkylation sites (N-methyl/N-ethyl adjacent to an activating group) is 1. The first kappa shape index (κ1) is 15.4. The average Bonchev–Trinajstić information content (AvgIpc) is 2.25. The Morgan fingerprint density at radius 3 is 2.56 bits per heavy atom. The highest BCUT2D eigenvalue weighted by Gasteiger charge is 2.32. The van der Waals surface area contributed by atoms with Gasteiger partial charge in [-0.2, -0.15) is 0 Å². The summed E-state index contributed by atoms with van der Waals surface area (Å²) in [7, 11) is 2.05. The van der Waals surface area contributed by atoms with E-state index >= 15 is 0 Å². The Labute approximate surface area is 111 Å². The molecule has 106 valence electrons. The van der Waals surface area contributed by atoms with Crippen LogP contribution in [0.5, 0.6) is 0 Å². The maximum atomic E-state index is 12.0. The first-order valence-electron chi connectivity index (χ1n) is 6.91. The molecule has 2 N–H and O–H groups in total. The maximum Gasteiger partial charge on any atom is 0.225 e. The Hall–Kier alpha value is -0.610. The molecule has 0 aromatic rings. The molecule has 4 heteroatoms. The molecule has 4 nitrogen and oxygen atoms in total. The zero-order valence-corrected chi connectivity index (χ0v) is 12.4. The van der Waals surface area contributed by atoms with Crippen LogP contribution in [0.15, 0.2) is 0 Å². The summed E-state index contributed by atoms with van der Waals surface area (Å²) < 4.78 is 0. The molecule has 1 saturated heterocycles. The Morgan fingerprint density at radius 1 is 1.44 bits per heavy atom. The van der Waals surface area contributed by atoms with Crippen LogP contribution in [0.3, 0.4) is 0 Å². The predicted octanol–water partition coefficient (Wildman–Crippen LogP) is 1.24. The SMILES string of the molecule is CCC(O)C1CC(NC(=O)C(C)(C)C)CN(C)C1. The second-order valence-corrected chi connectivity index (χ2v) is 6.61. The van der Waals surface area contributed by atoms with Gasteiger partial charge in [-0.1, -0.05) is 27.7 Å². The van der Waals surface area contributed by atoms with Gasteiger partial charge in [0.15, 0.2) is 0 Å². The number of hydrogen-bond donors (Lipinski definition) is 2. The van der Waals surface area contributed by atoms with Crippen LogP contribution in [0.1, 0.15) is 40.5 Å². The summed E-state index contributed by atoms with van der Waals surface area (Å²) in [4.78, 5) is 14.2. The normalized spacial score (nSPS) is 27.9. The molecular weight excluding hydrogens is 228 g/mol. The minimum atomic E-state index is -0.352. The molecule has 1 fully saturated rings. The van der Waals surface area contributed by atoms with Gasteiger partial charge in [-0.15, -0.1) is 0 Å². The van der Waals surface area contributed by atoms with Gasteiger partial charge in [0.05, 0.1) is 6.10 Å². The number of amides is 1. The number of carbonyl (C=O) groups is 1. The van der Waals surface area contributed by atoms with Gasteiger partial charge in [-0.05, 0) is 25.8 Å². The summed E-state index contributed by atoms with van der Waals surface area (Å²) in [6.45, 7) is 9.56. The second kappa shape index (κ2) is 6.02. The van der Waals surface area contributed by atoms with Crippen LogP contribution in [0.4, 0.5) is 0 Å². The Bertz CT molecular complexity index is 286. The van der Waals surface area contributed by atoms with E-state index in [1.165, 1.54) is 0 Å². The van der Waals surface area contributed by atoms with E-state index in [0.717, 1.165) is 25.9 Å². The molecule has 1 heterocycles. The fourth-order valence-electron chi connectivity index (χ4n) is 2.48. The number of nitrogens with zero attached hydrogens (tertiary/aromatic N) is 1. The Morgan fingerprint density at radius 2 is 2.06 bits per heavy atom. The van der Waals surface area contributed by atoms with E-state index in [9.17, 15) is 9.90 Å². The molecule has 0 aliphatic carbocycles. The first-order chi connectivity index (χ1) is 8.24. The molecule has 1 rings (SSSR count). The lowest BCUT2D eigenvalue weighted by atomic mass is 9.87. The molecule has 18 heavy (non-hydrogen) atoms. The fraction of sp³-hybridized carbons (Fsp3) is 0.929. The van der Waals surface area contributed by atoms with Crippen LogP contribution >= 0.6 is 0 Å². The molecule has 1 aliphatic heterocycles. The minimum Gasteiger partial charge on any atom is -0.393 e. The van der Waals surface area contributed by atoms with Crippen molar-refractivity contribution in [2.75, 3.05) is 20.1 Å². The van der Waals surface area contributed by atoms with Crippen molar-refractivity contribution in [3.8, 4) is 0 Å². The third-order valence-electron chi connectivity index (χ3n) is 3.64. The summed E-state index contributed by atoms with van der Waals surface area (Å²) in [6, 6.07) is 0.154. The van der Waals surface area contributed by atoms with E-state index < -0.39 is 0 Å². The minimum absolute atomic E-state index is 0.0903. The highest BCUT2D eigenvalue weighted by Crippen LogP contribution is 2.22. The van der Waals surface area contributed by atoms with Crippen molar-refractivity contribution in [1.82, 2.24) is 10.2 Å². The zero-order chi connectivity index (χ0) is 13.9. The van der Waals surface area contributed by atoms with E-state index in [1.807, 2.05) is 34.7 Å². The summed E-state index contributed by atoms with van der Waals surface area (Å²) in [5, 5.41) is 13.1. The van der Waals surface area contributed by atoms with E-state index in [4.69, 9.17) is 0 Å². The molecule has 1 amide bonds. The summed E-state index contributed by atoms with van der Waals surface area (Å²) in [5.41, 5.74) is -0.352. The van der Waals surface area contributed by atoms with Crippen LogP contribution in [0, 0.1) is 11.3 Å². The van der Waals surface area contributed by atoms with Crippen LogP contribution in [0.2, 0.25) is 0 Å². The maximum absolute atomic E-state index is 12.0. The third-order valence-corrected chi connectivity index (χ3v) is 3.64. The van der Waals surface area contributed by atoms with Crippen molar-refractivity contribution in [2.24, 2.45) is 11.3 Å². The van der Waals surface area contributed by atoms with Crippen molar-refractivity contribution in [3.05, 3.63) is 0 Å². The number of piperidine rings is 1. The molecule has 0 bridgehead atoms. The highest BCUT2D eigenvalue weighted by molar-refractivity contribution is 5.81. The van der Waals surface area contributed by atoms with E-state index in [1.54, 1.807) is 0 Å². The standard InChI is InChI=1S/C14H28N2O2/c1-6-12(17)10-7-11(9-16(5)8-10)15-13(18)14(2,3)4/h10-12,17H,6-9H2,1-5H3,(H,15,18). The smallest absolute Gasteiger partial charge is 0.225 e. The first-order valence-corrected chi connectivity index (χ1v) is 6.91. The molecule has 0 radical (unpaired) electrons. The van der Waals surface area contributed by atoms with Gasteiger partial charge >= 0.3 is 0 Å². The van der Waals surface area contributed by atoms with Crippen LogP contribution in [-0.2, 0) is 4.79 Å². The summed E-state index contributed by atoms with van der Waals surface area (Å²) >= 11 is 0. The van der Waals surface area contributed by atoms with Crippen molar-refractivity contribution < 1.29 is 9.90 Å². The van der Waals surface area contributed by atoms with Crippen molar-refractivity contribution >= 4 is 5.91 Å². The molecule has 0 aromatic heterocycles. The topological polar surface area (TPSA) is 52.6 Å². The lowest BCUT2D eigenvalue weighted by molar-refractivity contribution is -0.130. The van der Waals surface area contributed by atoms with Gasteiger partial charge in [0, 0.05) is 24.5 Å². The van der Waals surface area contributed by atoms with Gasteiger partial charge in [0.25, 0.3) is 0 Å². The monoisotopic (exact) mass is 256 g/mol. The number of carbonyl (C=O) groups excluding carboxylic acids is 1. The van der Waals surface area contributed by atoms with Crippen molar-refractivity contribution in [3.63, 3.8) is 0 Å². The lowest BCUT2D eigenvalue weighted by Crippen LogP contribution is -2.53. The van der Waals surface area contributed by atoms with E-state index in [0.29, 0.717) is 0 Å². The molecular formula is C14H28N2O2. The van der Waals surface area contributed by atoms with Crippen LogP contribution in [-0.4, -0.2) is 48.2 Å². The summed E-state index contributed by atoms with van der Waals surface area (Å²) in [6.07, 6.45) is 1.39. The number of nitrogens with one attached hydrogen (secondary N) is 1. The zero-order valence-electron chi connectivity index (χ0n) is 12.4. The predicted molar refractivity (Wildman–Crippen MR) is 73.3 cm³/mol. The highest BCUT2D eigenvalue weighted by atomic mass is 16.3. The van der Waals surface area contributed by atoms with Gasteiger partial charge < -0.3 is 15.3 Å². The molecule has 1 aliphatic rings. The number of aliphatic hydroxyl groups excluding tert-OH is 1. The van der Waals surface area contributed by atoms with Gasteiger partial charge in [-0.3, -0.25) is 4.79 Å². The van der Waals surface area contributed by atoms with E-state index in [2.05, 4.69) is 10.2 Å². The second-order valence-electron chi connectivity index (χ2n) is 6.61. The molecule has 0 saturated carbocycles. The molecule has 3 unspecified atom stereocenters. The lowest BCUT2D eigenvalue weighted by Gasteiger charge is -2.38. The van der Waals surface area contributed by atoms with Gasteiger partial charge in [-0.25, -0.2) is 0 Å². The van der Waals surface area contributed by atoms with Crippen LogP contribution in [0.25, 0.3) is 0 Å². The molecule has 0 spiro atoms. The Balaban J connectivity index is 2.58. The molecule has 3 atom stereocenters. The van der Waals surface area contributed by atoms with Crippen molar-refractivity contribution in [2.45, 2.75) is 52.7 Å². The average molecular weight is 256 g/mol. The van der Waals surface area contributed by atoms with Gasteiger partial charge in [0.2, 0.25) is 5.91 Å².